The van der Waals surface area contributed by atoms with Crippen molar-refractivity contribution in [1.29, 1.82) is 0 Å². The first-order chi connectivity index (χ1) is 15.5. The summed E-state index contributed by atoms with van der Waals surface area (Å²) in [5, 5.41) is 10.9. The minimum atomic E-state index is -0.455. The summed E-state index contributed by atoms with van der Waals surface area (Å²) < 4.78 is 5.25. The molecule has 1 atom stereocenters. The third-order valence-electron chi connectivity index (χ3n) is 5.00. The Hall–Kier alpha value is -4.19. The molecule has 0 spiro atoms. The molecule has 0 aliphatic carbocycles. The molecule has 6 heteroatoms. The van der Waals surface area contributed by atoms with Gasteiger partial charge in [-0.2, -0.15) is 0 Å². The standard InChI is InChI=1S/C26H24N2O4/c1-3-7-25(21-8-5-4-6-9-21)27(22-15-17-24(32-2)18-16-22)26(29)19-12-20-10-13-23(14-11-20)28(30)31/h3-6,8-19,25H,1,7H2,2H3/b19-12+. The fraction of sp³-hybridized carbons (Fsp3) is 0.115. The van der Waals surface area contributed by atoms with Gasteiger partial charge in [-0.05, 0) is 60.0 Å². The lowest BCUT2D eigenvalue weighted by Gasteiger charge is -2.31. The number of hydrogen-bond acceptors (Lipinski definition) is 4. The molecule has 32 heavy (non-hydrogen) atoms. The number of amides is 1. The summed E-state index contributed by atoms with van der Waals surface area (Å²) in [4.78, 5) is 25.5. The van der Waals surface area contributed by atoms with E-state index in [-0.39, 0.29) is 17.6 Å². The van der Waals surface area contributed by atoms with Crippen LogP contribution in [-0.4, -0.2) is 17.9 Å². The van der Waals surface area contributed by atoms with Crippen LogP contribution in [0.25, 0.3) is 6.08 Å². The van der Waals surface area contributed by atoms with Gasteiger partial charge in [0.1, 0.15) is 5.75 Å². The summed E-state index contributed by atoms with van der Waals surface area (Å²) >= 11 is 0. The molecule has 3 aromatic carbocycles. The van der Waals surface area contributed by atoms with Crippen molar-refractivity contribution in [2.24, 2.45) is 0 Å². The quantitative estimate of drug-likeness (QED) is 0.182. The summed E-state index contributed by atoms with van der Waals surface area (Å²) in [7, 11) is 1.59. The Morgan fingerprint density at radius 2 is 1.72 bits per heavy atom. The van der Waals surface area contributed by atoms with Gasteiger partial charge >= 0.3 is 0 Å². The molecule has 0 radical (unpaired) electrons. The number of ether oxygens (including phenoxy) is 1. The largest absolute Gasteiger partial charge is 0.497 e. The number of nitrogens with zero attached hydrogens (tertiary/aromatic N) is 2. The van der Waals surface area contributed by atoms with Gasteiger partial charge in [0, 0.05) is 23.9 Å². The Kier molecular flexibility index (Phi) is 7.54. The average Bonchev–Trinajstić information content (AvgIpc) is 2.83. The van der Waals surface area contributed by atoms with Crippen LogP contribution in [0.15, 0.2) is 97.6 Å². The first-order valence-electron chi connectivity index (χ1n) is 10.1. The molecule has 0 saturated heterocycles. The number of anilines is 1. The van der Waals surface area contributed by atoms with E-state index in [1.54, 1.807) is 36.3 Å². The van der Waals surface area contributed by atoms with Crippen LogP contribution in [0.1, 0.15) is 23.6 Å². The molecular weight excluding hydrogens is 404 g/mol. The molecule has 0 aromatic heterocycles. The lowest BCUT2D eigenvalue weighted by atomic mass is 10.0. The Labute approximate surface area is 187 Å². The van der Waals surface area contributed by atoms with Crippen LogP contribution in [0.5, 0.6) is 5.75 Å². The van der Waals surface area contributed by atoms with E-state index in [1.807, 2.05) is 54.6 Å². The SMILES string of the molecule is C=CCC(c1ccccc1)N(C(=O)/C=C/c1ccc([N+](=O)[O-])cc1)c1ccc(OC)cc1. The van der Waals surface area contributed by atoms with Gasteiger partial charge in [0.2, 0.25) is 0 Å². The van der Waals surface area contributed by atoms with Gasteiger partial charge < -0.3 is 9.64 Å². The predicted octanol–water partition coefficient (Wildman–Crippen LogP) is 5.97. The Bertz CT molecular complexity index is 1090. The van der Waals surface area contributed by atoms with Gasteiger partial charge in [0.25, 0.3) is 11.6 Å². The van der Waals surface area contributed by atoms with Crippen LogP contribution >= 0.6 is 0 Å². The second-order valence-corrected chi connectivity index (χ2v) is 7.04. The average molecular weight is 428 g/mol. The van der Waals surface area contributed by atoms with E-state index in [4.69, 9.17) is 4.74 Å². The molecule has 0 aliphatic heterocycles. The normalized spacial score (nSPS) is 11.7. The van der Waals surface area contributed by atoms with Gasteiger partial charge in [-0.3, -0.25) is 14.9 Å². The van der Waals surface area contributed by atoms with Crippen molar-refractivity contribution in [1.82, 2.24) is 0 Å². The second kappa shape index (κ2) is 10.7. The number of hydrogen-bond donors (Lipinski definition) is 0. The number of carbonyl (C=O) groups is 1. The number of nitro benzene ring substituents is 1. The number of carbonyl (C=O) groups excluding carboxylic acids is 1. The minimum Gasteiger partial charge on any atom is -0.497 e. The molecule has 162 valence electrons. The van der Waals surface area contributed by atoms with Crippen molar-refractivity contribution in [3.63, 3.8) is 0 Å². The molecule has 0 heterocycles. The first-order valence-corrected chi connectivity index (χ1v) is 10.1. The summed E-state index contributed by atoms with van der Waals surface area (Å²) in [6, 6.07) is 22.9. The summed E-state index contributed by atoms with van der Waals surface area (Å²) in [5.74, 6) is 0.478. The van der Waals surface area contributed by atoms with Gasteiger partial charge in [0.15, 0.2) is 0 Å². The van der Waals surface area contributed by atoms with Crippen LogP contribution in [-0.2, 0) is 4.79 Å². The lowest BCUT2D eigenvalue weighted by Crippen LogP contribution is -2.33. The number of nitro groups is 1. The molecule has 3 aromatic rings. The van der Waals surface area contributed by atoms with Crippen LogP contribution < -0.4 is 9.64 Å². The van der Waals surface area contributed by atoms with Crippen molar-refractivity contribution < 1.29 is 14.5 Å². The monoisotopic (exact) mass is 428 g/mol. The smallest absolute Gasteiger partial charge is 0.269 e. The number of benzene rings is 3. The Morgan fingerprint density at radius 3 is 2.28 bits per heavy atom. The molecule has 0 aliphatic rings. The van der Waals surface area contributed by atoms with Crippen molar-refractivity contribution in [3.05, 3.63) is 119 Å². The summed E-state index contributed by atoms with van der Waals surface area (Å²) in [6.45, 7) is 3.87. The maximum atomic E-state index is 13.4. The molecule has 1 amide bonds. The Morgan fingerprint density at radius 1 is 1.06 bits per heavy atom. The molecular formula is C26H24N2O4. The van der Waals surface area contributed by atoms with Gasteiger partial charge in [-0.1, -0.05) is 36.4 Å². The van der Waals surface area contributed by atoms with Gasteiger partial charge in [0.05, 0.1) is 18.1 Å². The third-order valence-corrected chi connectivity index (χ3v) is 5.00. The zero-order valence-electron chi connectivity index (χ0n) is 17.8. The van der Waals surface area contributed by atoms with Gasteiger partial charge in [-0.25, -0.2) is 0 Å². The number of rotatable bonds is 9. The van der Waals surface area contributed by atoms with Crippen LogP contribution in [0.2, 0.25) is 0 Å². The lowest BCUT2D eigenvalue weighted by molar-refractivity contribution is -0.384. The Balaban J connectivity index is 1.97. The van der Waals surface area contributed by atoms with E-state index in [2.05, 4.69) is 6.58 Å². The fourth-order valence-electron chi connectivity index (χ4n) is 3.38. The molecule has 1 unspecified atom stereocenters. The molecule has 0 saturated carbocycles. The van der Waals surface area contributed by atoms with Crippen molar-refractivity contribution in [2.75, 3.05) is 12.0 Å². The van der Waals surface area contributed by atoms with Crippen molar-refractivity contribution in [2.45, 2.75) is 12.5 Å². The summed E-state index contributed by atoms with van der Waals surface area (Å²) in [6.07, 6.45) is 5.48. The van der Waals surface area contributed by atoms with E-state index in [0.717, 1.165) is 11.3 Å². The highest BCUT2D eigenvalue weighted by Crippen LogP contribution is 2.32. The van der Waals surface area contributed by atoms with E-state index >= 15 is 0 Å². The molecule has 0 bridgehead atoms. The van der Waals surface area contributed by atoms with Crippen LogP contribution in [0, 0.1) is 10.1 Å². The zero-order chi connectivity index (χ0) is 22.9. The molecule has 6 nitrogen and oxygen atoms in total. The number of methoxy groups -OCH3 is 1. The van der Waals surface area contributed by atoms with E-state index in [9.17, 15) is 14.9 Å². The maximum Gasteiger partial charge on any atom is 0.269 e. The van der Waals surface area contributed by atoms with Crippen LogP contribution in [0.3, 0.4) is 0 Å². The molecule has 0 N–H and O–H groups in total. The second-order valence-electron chi connectivity index (χ2n) is 7.04. The molecule has 0 fully saturated rings. The topological polar surface area (TPSA) is 72.7 Å². The minimum absolute atomic E-state index is 0.00320. The van der Waals surface area contributed by atoms with E-state index in [1.165, 1.54) is 18.2 Å². The zero-order valence-corrected chi connectivity index (χ0v) is 17.8. The predicted molar refractivity (Wildman–Crippen MR) is 127 cm³/mol. The van der Waals surface area contributed by atoms with Gasteiger partial charge in [-0.15, -0.1) is 6.58 Å². The van der Waals surface area contributed by atoms with Crippen molar-refractivity contribution in [3.8, 4) is 5.75 Å². The molecule has 3 rings (SSSR count). The summed E-state index contributed by atoms with van der Waals surface area (Å²) in [5.41, 5.74) is 2.40. The van der Waals surface area contributed by atoms with E-state index < -0.39 is 4.92 Å². The highest BCUT2D eigenvalue weighted by Gasteiger charge is 2.24. The van der Waals surface area contributed by atoms with Crippen LogP contribution in [0.4, 0.5) is 11.4 Å². The van der Waals surface area contributed by atoms with Crippen molar-refractivity contribution >= 4 is 23.4 Å². The maximum absolute atomic E-state index is 13.4. The van der Waals surface area contributed by atoms with E-state index in [0.29, 0.717) is 17.7 Å². The highest BCUT2D eigenvalue weighted by atomic mass is 16.6. The highest BCUT2D eigenvalue weighted by molar-refractivity contribution is 6.04. The number of non-ortho nitro benzene ring substituents is 1. The first kappa shape index (κ1) is 22.5. The third kappa shape index (κ3) is 5.49. The fourth-order valence-corrected chi connectivity index (χ4v) is 3.38.